The number of carbonyl (C=O) groups is 1. The Morgan fingerprint density at radius 3 is 2.69 bits per heavy atom. The molecule has 1 unspecified atom stereocenters. The Balaban J connectivity index is 1.16. The second-order valence-electron chi connectivity index (χ2n) is 15.6. The summed E-state index contributed by atoms with van der Waals surface area (Å²) in [4.78, 5) is 29.6. The molecule has 0 spiro atoms. The predicted molar refractivity (Wildman–Crippen MR) is 201 cm³/mol. The fraction of sp³-hybridized carbons (Fsp3) is 0.425. The van der Waals surface area contributed by atoms with Crippen molar-refractivity contribution in [1.82, 2.24) is 39.2 Å². The van der Waals surface area contributed by atoms with Gasteiger partial charge in [-0.2, -0.15) is 20.2 Å². The van der Waals surface area contributed by atoms with E-state index in [0.717, 1.165) is 90.7 Å². The number of amides is 1. The molecule has 1 saturated heterocycles. The summed E-state index contributed by atoms with van der Waals surface area (Å²) >= 11 is 0. The van der Waals surface area contributed by atoms with Gasteiger partial charge in [0.05, 0.1) is 60.4 Å². The lowest BCUT2D eigenvalue weighted by Gasteiger charge is -2.31. The number of aryl methyl sites for hydroxylation is 1. The Kier molecular flexibility index (Phi) is 7.60. The van der Waals surface area contributed by atoms with E-state index >= 15 is 4.39 Å². The van der Waals surface area contributed by atoms with Crippen LogP contribution in [0.1, 0.15) is 59.4 Å². The van der Waals surface area contributed by atoms with Gasteiger partial charge in [0, 0.05) is 74.8 Å². The Labute approximate surface area is 310 Å². The van der Waals surface area contributed by atoms with Crippen molar-refractivity contribution in [2.45, 2.75) is 45.2 Å². The number of fused-ring (bicyclic) bond motifs is 8. The zero-order valence-electron chi connectivity index (χ0n) is 30.7. The average Bonchev–Trinajstić information content (AvgIpc) is 3.62. The van der Waals surface area contributed by atoms with Gasteiger partial charge in [-0.05, 0) is 60.4 Å². The van der Waals surface area contributed by atoms with E-state index < -0.39 is 5.92 Å². The van der Waals surface area contributed by atoms with E-state index in [9.17, 15) is 9.90 Å². The Hall–Kier alpha value is -5.34. The van der Waals surface area contributed by atoms with Crippen molar-refractivity contribution < 1.29 is 23.8 Å². The third-order valence-corrected chi connectivity index (χ3v) is 11.8. The van der Waals surface area contributed by atoms with Gasteiger partial charge >= 0.3 is 6.01 Å². The number of phenolic OH excluding ortho intramolecular Hbond substituents is 1. The number of hydrogen-bond acceptors (Lipinski definition) is 10. The highest BCUT2D eigenvalue weighted by Crippen LogP contribution is 2.51. The second-order valence-corrected chi connectivity index (χ2v) is 15.6. The molecule has 4 aromatic heterocycles. The van der Waals surface area contributed by atoms with Crippen molar-refractivity contribution in [3.05, 3.63) is 70.9 Å². The van der Waals surface area contributed by atoms with Crippen LogP contribution in [0.15, 0.2) is 42.6 Å². The average molecular weight is 732 g/mol. The van der Waals surface area contributed by atoms with Crippen molar-refractivity contribution in [2.75, 3.05) is 65.0 Å². The fourth-order valence-corrected chi connectivity index (χ4v) is 8.88. The first-order valence-corrected chi connectivity index (χ1v) is 18.8. The number of aromatic nitrogens is 6. The van der Waals surface area contributed by atoms with Gasteiger partial charge < -0.3 is 24.4 Å². The van der Waals surface area contributed by atoms with Crippen LogP contribution in [-0.2, 0) is 17.8 Å². The van der Waals surface area contributed by atoms with Crippen LogP contribution >= 0.6 is 0 Å². The van der Waals surface area contributed by atoms with Gasteiger partial charge in [0.25, 0.3) is 5.91 Å². The number of hydrogen-bond donors (Lipinski definition) is 1. The first-order valence-electron chi connectivity index (χ1n) is 18.8. The molecule has 1 atom stereocenters. The molecule has 6 heterocycles. The van der Waals surface area contributed by atoms with Crippen LogP contribution < -0.4 is 9.64 Å². The maximum absolute atomic E-state index is 16.0. The van der Waals surface area contributed by atoms with Gasteiger partial charge in [0.15, 0.2) is 5.69 Å². The smallest absolute Gasteiger partial charge is 0.318 e. The van der Waals surface area contributed by atoms with Crippen LogP contribution in [0.5, 0.6) is 11.8 Å². The summed E-state index contributed by atoms with van der Waals surface area (Å²) in [5.41, 5.74) is 5.61. The van der Waals surface area contributed by atoms with E-state index in [-0.39, 0.29) is 28.9 Å². The lowest BCUT2D eigenvalue weighted by Crippen LogP contribution is -2.41. The minimum absolute atomic E-state index is 0.0255. The van der Waals surface area contributed by atoms with Crippen LogP contribution in [0.4, 0.5) is 10.2 Å². The number of nitrogens with zero attached hydrogens (tertiary/aromatic N) is 9. The van der Waals surface area contributed by atoms with E-state index in [1.807, 2.05) is 28.3 Å². The summed E-state index contributed by atoms with van der Waals surface area (Å²) in [5, 5.41) is 22.7. The standard InChI is InChI=1S/C40H42FN9O4/c1-23-31-28(41)6-5-24-17-26(51)19-27(33(24)31)36-32(23)35-34(30-7-10-42-50(30)36)37(48-11-4-12-49-25(20-48)18-29(45-49)38(52)46(2)3)44-39(43-35)54-22-40(8-9-40)21-47-13-15-53-16-14-47/h5-7,10,17-19,23,51H,4,8-9,11-16,20-22H2,1-3H3. The zero-order valence-corrected chi connectivity index (χ0v) is 30.7. The van der Waals surface area contributed by atoms with E-state index in [1.165, 1.54) is 11.0 Å². The topological polar surface area (TPSA) is 126 Å². The SMILES string of the molecule is CC1c2c(n3nccc3c3c(N4CCCn5nc(C(=O)N(C)C)cc5C4)nc(OCC4(CN5CCOCC5)CC4)nc23)-c2cc(O)cc3ccc(F)c1c23. The monoisotopic (exact) mass is 731 g/mol. The first kappa shape index (κ1) is 33.2. The van der Waals surface area contributed by atoms with Crippen LogP contribution in [-0.4, -0.2) is 110 Å². The van der Waals surface area contributed by atoms with Crippen LogP contribution in [0.3, 0.4) is 0 Å². The van der Waals surface area contributed by atoms with Crippen molar-refractivity contribution in [3.8, 4) is 23.0 Å². The van der Waals surface area contributed by atoms with Gasteiger partial charge in [-0.3, -0.25) is 14.4 Å². The molecule has 10 rings (SSSR count). The highest BCUT2D eigenvalue weighted by atomic mass is 19.1. The highest BCUT2D eigenvalue weighted by Gasteiger charge is 2.45. The number of aromatic hydroxyl groups is 1. The lowest BCUT2D eigenvalue weighted by molar-refractivity contribution is 0.0231. The van der Waals surface area contributed by atoms with Crippen LogP contribution in [0.25, 0.3) is 38.4 Å². The molecule has 6 aromatic rings. The Morgan fingerprint density at radius 2 is 1.89 bits per heavy atom. The normalized spacial score (nSPS) is 19.2. The number of anilines is 1. The molecule has 278 valence electrons. The number of pyridine rings is 1. The number of ether oxygens (including phenoxy) is 2. The van der Waals surface area contributed by atoms with Crippen molar-refractivity contribution >= 4 is 38.9 Å². The summed E-state index contributed by atoms with van der Waals surface area (Å²) in [6.45, 7) is 8.53. The van der Waals surface area contributed by atoms with E-state index in [0.29, 0.717) is 54.4 Å². The number of phenols is 1. The number of carbonyl (C=O) groups excluding carboxylic acids is 1. The molecule has 4 aliphatic rings. The minimum Gasteiger partial charge on any atom is -0.508 e. The van der Waals surface area contributed by atoms with Gasteiger partial charge in [-0.25, -0.2) is 8.91 Å². The number of halogens is 1. The molecule has 2 aromatic carbocycles. The van der Waals surface area contributed by atoms with Gasteiger partial charge in [0.2, 0.25) is 0 Å². The molecule has 1 saturated carbocycles. The molecule has 14 heteroatoms. The fourth-order valence-electron chi connectivity index (χ4n) is 8.88. The molecule has 2 fully saturated rings. The van der Waals surface area contributed by atoms with E-state index in [1.54, 1.807) is 38.5 Å². The Morgan fingerprint density at radius 1 is 1.06 bits per heavy atom. The number of morpholine rings is 1. The summed E-state index contributed by atoms with van der Waals surface area (Å²) in [5.74, 6) is -0.0920. The summed E-state index contributed by atoms with van der Waals surface area (Å²) in [6, 6.07) is 10.7. The van der Waals surface area contributed by atoms with Crippen LogP contribution in [0, 0.1) is 11.2 Å². The molecule has 2 aliphatic carbocycles. The molecule has 1 N–H and O–H groups in total. The maximum atomic E-state index is 16.0. The predicted octanol–water partition coefficient (Wildman–Crippen LogP) is 5.21. The number of rotatable bonds is 7. The van der Waals surface area contributed by atoms with Crippen molar-refractivity contribution in [1.29, 1.82) is 0 Å². The minimum atomic E-state index is -0.409. The molecule has 0 bridgehead atoms. The molecular weight excluding hydrogens is 689 g/mol. The van der Waals surface area contributed by atoms with E-state index in [4.69, 9.17) is 24.5 Å². The largest absolute Gasteiger partial charge is 0.508 e. The molecule has 1 amide bonds. The van der Waals surface area contributed by atoms with Crippen LogP contribution in [0.2, 0.25) is 0 Å². The molecule has 54 heavy (non-hydrogen) atoms. The second kappa shape index (κ2) is 12.4. The highest BCUT2D eigenvalue weighted by molar-refractivity contribution is 6.11. The summed E-state index contributed by atoms with van der Waals surface area (Å²) < 4.78 is 32.1. The maximum Gasteiger partial charge on any atom is 0.318 e. The third kappa shape index (κ3) is 5.29. The molecular formula is C40H42FN9O4. The molecule has 2 aliphatic heterocycles. The summed E-state index contributed by atoms with van der Waals surface area (Å²) in [6.07, 6.45) is 4.67. The zero-order chi connectivity index (χ0) is 36.9. The molecule has 0 radical (unpaired) electrons. The van der Waals surface area contributed by atoms with Gasteiger partial charge in [-0.15, -0.1) is 0 Å². The van der Waals surface area contributed by atoms with E-state index in [2.05, 4.69) is 14.9 Å². The Bertz CT molecular complexity index is 2500. The van der Waals surface area contributed by atoms with Gasteiger partial charge in [-0.1, -0.05) is 13.0 Å². The lowest BCUT2D eigenvalue weighted by atomic mass is 9.78. The molecule has 13 nitrogen and oxygen atoms in total. The van der Waals surface area contributed by atoms with Gasteiger partial charge in [0.1, 0.15) is 17.4 Å². The van der Waals surface area contributed by atoms with Crippen molar-refractivity contribution in [3.63, 3.8) is 0 Å². The first-order chi connectivity index (χ1) is 26.2. The third-order valence-electron chi connectivity index (χ3n) is 11.8. The summed E-state index contributed by atoms with van der Waals surface area (Å²) in [7, 11) is 3.45. The van der Waals surface area contributed by atoms with Crippen molar-refractivity contribution in [2.24, 2.45) is 5.41 Å². The number of benzene rings is 2. The quantitative estimate of drug-likeness (QED) is 0.234.